The molecule has 5 rings (SSSR count). The van der Waals surface area contributed by atoms with Gasteiger partial charge in [0, 0.05) is 11.1 Å². The molecule has 0 radical (unpaired) electrons. The van der Waals surface area contributed by atoms with Gasteiger partial charge in [-0.1, -0.05) is 48.9 Å². The summed E-state index contributed by atoms with van der Waals surface area (Å²) in [6, 6.07) is 16.3. The summed E-state index contributed by atoms with van der Waals surface area (Å²) in [4.78, 5) is 2.81. The molecule has 1 fully saturated rings. The summed E-state index contributed by atoms with van der Waals surface area (Å²) in [6.07, 6.45) is 3.77. The zero-order chi connectivity index (χ0) is 15.1. The molecule has 1 aliphatic carbocycles. The standard InChI is InChI=1S/C20H20ClN/c1-3-20-16-7-5-4-6-15(16)19(2,22(20)14-9-10-14)18-12-13(21)8-11-17(18)20/h4-8,11-12,14H,3,9-10H2,1-2H3. The molecule has 112 valence electrons. The SMILES string of the molecule is CCC12c3ccccc3C(C)(c3cc(Cl)ccc31)N2C1CC1. The second-order valence-electron chi connectivity index (χ2n) is 7.12. The third-order valence-corrected chi connectivity index (χ3v) is 6.40. The molecule has 2 heteroatoms. The minimum atomic E-state index is -0.0198. The van der Waals surface area contributed by atoms with Gasteiger partial charge in [0.1, 0.15) is 0 Å². The molecule has 2 aromatic rings. The van der Waals surface area contributed by atoms with Gasteiger partial charge in [-0.3, -0.25) is 4.90 Å². The van der Waals surface area contributed by atoms with E-state index in [1.165, 1.54) is 35.1 Å². The van der Waals surface area contributed by atoms with E-state index in [1.807, 2.05) is 0 Å². The first-order valence-corrected chi connectivity index (χ1v) is 8.71. The lowest BCUT2D eigenvalue weighted by molar-refractivity contribution is 0.0727. The van der Waals surface area contributed by atoms with E-state index in [1.54, 1.807) is 0 Å². The van der Waals surface area contributed by atoms with Crippen molar-refractivity contribution in [2.75, 3.05) is 0 Å². The lowest BCUT2D eigenvalue weighted by atomic mass is 9.72. The van der Waals surface area contributed by atoms with E-state index in [2.05, 4.69) is 61.2 Å². The maximum atomic E-state index is 6.36. The summed E-state index contributed by atoms with van der Waals surface area (Å²) < 4.78 is 0. The molecule has 2 aromatic carbocycles. The highest BCUT2D eigenvalue weighted by Crippen LogP contribution is 2.67. The summed E-state index contributed by atoms with van der Waals surface area (Å²) in [7, 11) is 0. The van der Waals surface area contributed by atoms with Crippen LogP contribution < -0.4 is 0 Å². The Balaban J connectivity index is 1.92. The highest BCUT2D eigenvalue weighted by molar-refractivity contribution is 6.30. The second kappa shape index (κ2) is 3.96. The molecule has 0 spiro atoms. The van der Waals surface area contributed by atoms with Crippen molar-refractivity contribution in [3.8, 4) is 0 Å². The van der Waals surface area contributed by atoms with Crippen molar-refractivity contribution in [2.45, 2.75) is 50.2 Å². The highest BCUT2D eigenvalue weighted by atomic mass is 35.5. The van der Waals surface area contributed by atoms with E-state index in [0.29, 0.717) is 6.04 Å². The summed E-state index contributed by atoms with van der Waals surface area (Å²) in [5.41, 5.74) is 5.93. The van der Waals surface area contributed by atoms with Gasteiger partial charge in [0.2, 0.25) is 0 Å². The van der Waals surface area contributed by atoms with Crippen LogP contribution in [0.3, 0.4) is 0 Å². The van der Waals surface area contributed by atoms with Crippen molar-refractivity contribution < 1.29 is 0 Å². The Morgan fingerprint density at radius 3 is 2.41 bits per heavy atom. The predicted octanol–water partition coefficient (Wildman–Crippen LogP) is 5.05. The van der Waals surface area contributed by atoms with Gasteiger partial charge in [-0.2, -0.15) is 0 Å². The molecule has 0 N–H and O–H groups in total. The fourth-order valence-electron chi connectivity index (χ4n) is 5.30. The lowest BCUT2D eigenvalue weighted by Gasteiger charge is -2.39. The Bertz CT molecular complexity index is 794. The fraction of sp³-hybridized carbons (Fsp3) is 0.400. The predicted molar refractivity (Wildman–Crippen MR) is 90.3 cm³/mol. The van der Waals surface area contributed by atoms with E-state index in [-0.39, 0.29) is 11.1 Å². The first-order valence-electron chi connectivity index (χ1n) is 8.34. The first kappa shape index (κ1) is 13.2. The molecule has 1 saturated carbocycles. The molecule has 2 atom stereocenters. The summed E-state index contributed by atoms with van der Waals surface area (Å²) in [5, 5.41) is 0.854. The van der Waals surface area contributed by atoms with Gasteiger partial charge in [0.05, 0.1) is 11.1 Å². The Morgan fingerprint density at radius 1 is 1.05 bits per heavy atom. The third-order valence-electron chi connectivity index (χ3n) is 6.17. The highest BCUT2D eigenvalue weighted by Gasteiger charge is 2.66. The number of fused-ring (bicyclic) bond motifs is 8. The van der Waals surface area contributed by atoms with Gasteiger partial charge in [0.25, 0.3) is 0 Å². The maximum Gasteiger partial charge on any atom is 0.0732 e. The van der Waals surface area contributed by atoms with Crippen LogP contribution >= 0.6 is 11.6 Å². The molecule has 0 saturated heterocycles. The summed E-state index contributed by atoms with van der Waals surface area (Å²) in [6.45, 7) is 4.74. The number of rotatable bonds is 2. The summed E-state index contributed by atoms with van der Waals surface area (Å²) in [5.74, 6) is 0. The fourth-order valence-corrected chi connectivity index (χ4v) is 5.47. The third kappa shape index (κ3) is 1.24. The molecular weight excluding hydrogens is 290 g/mol. The quantitative estimate of drug-likeness (QED) is 0.750. The number of halogens is 1. The van der Waals surface area contributed by atoms with Gasteiger partial charge >= 0.3 is 0 Å². The lowest BCUT2D eigenvalue weighted by Crippen LogP contribution is -2.45. The van der Waals surface area contributed by atoms with Crippen molar-refractivity contribution in [1.82, 2.24) is 4.90 Å². The molecule has 2 aliphatic heterocycles. The van der Waals surface area contributed by atoms with Gasteiger partial charge < -0.3 is 0 Å². The van der Waals surface area contributed by atoms with Crippen molar-refractivity contribution in [3.63, 3.8) is 0 Å². The Kier molecular flexibility index (Phi) is 2.37. The molecule has 0 amide bonds. The Morgan fingerprint density at radius 2 is 1.73 bits per heavy atom. The first-order chi connectivity index (χ1) is 10.6. The Hall–Kier alpha value is -1.31. The largest absolute Gasteiger partial charge is 0.273 e. The van der Waals surface area contributed by atoms with E-state index in [9.17, 15) is 0 Å². The van der Waals surface area contributed by atoms with Crippen molar-refractivity contribution >= 4 is 11.6 Å². The van der Waals surface area contributed by atoms with Crippen LogP contribution in [0, 0.1) is 0 Å². The topological polar surface area (TPSA) is 3.24 Å². The van der Waals surface area contributed by atoms with Crippen LogP contribution in [0.1, 0.15) is 55.4 Å². The van der Waals surface area contributed by atoms with Crippen molar-refractivity contribution in [1.29, 1.82) is 0 Å². The minimum Gasteiger partial charge on any atom is -0.273 e. The molecule has 22 heavy (non-hydrogen) atoms. The van der Waals surface area contributed by atoms with Crippen molar-refractivity contribution in [2.24, 2.45) is 0 Å². The van der Waals surface area contributed by atoms with Gasteiger partial charge in [-0.25, -0.2) is 0 Å². The van der Waals surface area contributed by atoms with Crippen LogP contribution in [0.5, 0.6) is 0 Å². The molecular formula is C20H20ClN. The van der Waals surface area contributed by atoms with Crippen LogP contribution in [-0.2, 0) is 11.1 Å². The molecule has 3 aliphatic rings. The van der Waals surface area contributed by atoms with Gasteiger partial charge in [-0.05, 0) is 60.6 Å². The smallest absolute Gasteiger partial charge is 0.0732 e. The second-order valence-corrected chi connectivity index (χ2v) is 7.56. The average Bonchev–Trinajstić information content (AvgIpc) is 3.30. The summed E-state index contributed by atoms with van der Waals surface area (Å²) >= 11 is 6.36. The van der Waals surface area contributed by atoms with Crippen LogP contribution in [0.2, 0.25) is 5.02 Å². The molecule has 2 heterocycles. The Labute approximate surface area is 136 Å². The van der Waals surface area contributed by atoms with E-state index in [0.717, 1.165) is 11.4 Å². The minimum absolute atomic E-state index is 0.0198. The average molecular weight is 310 g/mol. The van der Waals surface area contributed by atoms with E-state index >= 15 is 0 Å². The van der Waals surface area contributed by atoms with Crippen LogP contribution in [0.4, 0.5) is 0 Å². The van der Waals surface area contributed by atoms with Gasteiger partial charge in [-0.15, -0.1) is 0 Å². The monoisotopic (exact) mass is 309 g/mol. The number of benzene rings is 2. The van der Waals surface area contributed by atoms with E-state index in [4.69, 9.17) is 11.6 Å². The van der Waals surface area contributed by atoms with E-state index < -0.39 is 0 Å². The van der Waals surface area contributed by atoms with Gasteiger partial charge in [0.15, 0.2) is 0 Å². The molecule has 2 bridgehead atoms. The normalized spacial score (nSPS) is 32.1. The maximum absolute atomic E-state index is 6.36. The molecule has 0 aromatic heterocycles. The van der Waals surface area contributed by atoms with Crippen LogP contribution in [-0.4, -0.2) is 10.9 Å². The zero-order valence-corrected chi connectivity index (χ0v) is 13.8. The molecule has 1 nitrogen and oxygen atoms in total. The zero-order valence-electron chi connectivity index (χ0n) is 13.1. The van der Waals surface area contributed by atoms with Crippen LogP contribution in [0.25, 0.3) is 0 Å². The number of hydrogen-bond donors (Lipinski definition) is 0. The molecule has 2 unspecified atom stereocenters. The number of nitrogens with zero attached hydrogens (tertiary/aromatic N) is 1. The van der Waals surface area contributed by atoms with Crippen LogP contribution in [0.15, 0.2) is 42.5 Å². The number of hydrogen-bond acceptors (Lipinski definition) is 1. The van der Waals surface area contributed by atoms with Crippen molar-refractivity contribution in [3.05, 3.63) is 69.7 Å².